The predicted octanol–water partition coefficient (Wildman–Crippen LogP) is 2.99. The zero-order chi connectivity index (χ0) is 23.2. The molecule has 0 aliphatic carbocycles. The van der Waals surface area contributed by atoms with Gasteiger partial charge in [-0.1, -0.05) is 18.2 Å². The van der Waals surface area contributed by atoms with Crippen molar-refractivity contribution in [1.29, 1.82) is 0 Å². The second kappa shape index (κ2) is 8.61. The summed E-state index contributed by atoms with van der Waals surface area (Å²) in [5.74, 6) is 1.27. The Hall–Kier alpha value is -2.64. The third-order valence-electron chi connectivity index (χ3n) is 7.64. The molecule has 2 fully saturated rings. The van der Waals surface area contributed by atoms with E-state index in [1.807, 2.05) is 40.1 Å². The van der Waals surface area contributed by atoms with E-state index in [-0.39, 0.29) is 30.4 Å². The molecule has 2 saturated heterocycles. The molecule has 7 nitrogen and oxygen atoms in total. The normalized spacial score (nSPS) is 22.5. The van der Waals surface area contributed by atoms with Gasteiger partial charge in [-0.3, -0.25) is 14.5 Å². The van der Waals surface area contributed by atoms with Gasteiger partial charge < -0.3 is 19.3 Å². The highest BCUT2D eigenvalue weighted by molar-refractivity contribution is 6.02. The standard InChI is InChI=1S/C26H33N3O4/c1-18(2)29-24(31)22-7-4-3-6-21(22)23(25(32)28-12-5-13-28)26(29)10-14-27(15-11-26)16-19-8-9-20(17-30)33-19/h3-4,6-9,18,23,30H,5,10-17H2,1-2H3. The Labute approximate surface area is 195 Å². The van der Waals surface area contributed by atoms with Crippen molar-refractivity contribution in [2.75, 3.05) is 26.2 Å². The van der Waals surface area contributed by atoms with Crippen LogP contribution in [0, 0.1) is 0 Å². The van der Waals surface area contributed by atoms with Gasteiger partial charge in [0.1, 0.15) is 18.1 Å². The largest absolute Gasteiger partial charge is 0.462 e. The number of furan rings is 1. The third kappa shape index (κ3) is 3.67. The second-order valence-corrected chi connectivity index (χ2v) is 9.87. The van der Waals surface area contributed by atoms with Gasteiger partial charge in [-0.15, -0.1) is 0 Å². The van der Waals surface area contributed by atoms with Gasteiger partial charge in [-0.05, 0) is 56.9 Å². The van der Waals surface area contributed by atoms with Gasteiger partial charge in [0, 0.05) is 37.8 Å². The van der Waals surface area contributed by atoms with Crippen molar-refractivity contribution in [3.63, 3.8) is 0 Å². The summed E-state index contributed by atoms with van der Waals surface area (Å²) < 4.78 is 5.69. The quantitative estimate of drug-likeness (QED) is 0.756. The van der Waals surface area contributed by atoms with Crippen LogP contribution in [0.2, 0.25) is 0 Å². The van der Waals surface area contributed by atoms with Gasteiger partial charge in [0.2, 0.25) is 5.91 Å². The number of hydrogen-bond donors (Lipinski definition) is 1. The number of rotatable bonds is 5. The molecule has 2 amide bonds. The highest BCUT2D eigenvalue weighted by Crippen LogP contribution is 2.49. The van der Waals surface area contributed by atoms with E-state index in [1.165, 1.54) is 0 Å². The molecule has 0 saturated carbocycles. The van der Waals surface area contributed by atoms with Crippen LogP contribution in [0.25, 0.3) is 0 Å². The fourth-order valence-electron chi connectivity index (χ4n) is 5.98. The zero-order valence-corrected chi connectivity index (χ0v) is 19.5. The molecule has 1 aromatic heterocycles. The molecule has 176 valence electrons. The van der Waals surface area contributed by atoms with Crippen LogP contribution in [0.4, 0.5) is 0 Å². The molecule has 3 aliphatic heterocycles. The van der Waals surface area contributed by atoms with Crippen molar-refractivity contribution in [3.05, 3.63) is 59.0 Å². The summed E-state index contributed by atoms with van der Waals surface area (Å²) >= 11 is 0. The van der Waals surface area contributed by atoms with Gasteiger partial charge in [0.05, 0.1) is 18.0 Å². The van der Waals surface area contributed by atoms with Gasteiger partial charge >= 0.3 is 0 Å². The summed E-state index contributed by atoms with van der Waals surface area (Å²) in [4.78, 5) is 33.8. The summed E-state index contributed by atoms with van der Waals surface area (Å²) in [6, 6.07) is 11.4. The summed E-state index contributed by atoms with van der Waals surface area (Å²) in [7, 11) is 0. The maximum Gasteiger partial charge on any atom is 0.254 e. The number of carbonyl (C=O) groups is 2. The molecule has 1 N–H and O–H groups in total. The lowest BCUT2D eigenvalue weighted by Gasteiger charge is -2.57. The second-order valence-electron chi connectivity index (χ2n) is 9.87. The fourth-order valence-corrected chi connectivity index (χ4v) is 5.98. The van der Waals surface area contributed by atoms with Crippen molar-refractivity contribution >= 4 is 11.8 Å². The molecule has 0 bridgehead atoms. The van der Waals surface area contributed by atoms with E-state index < -0.39 is 5.54 Å². The molecule has 1 atom stereocenters. The minimum atomic E-state index is -0.526. The van der Waals surface area contributed by atoms with Crippen LogP contribution in [0.1, 0.15) is 66.5 Å². The highest BCUT2D eigenvalue weighted by atomic mass is 16.4. The highest BCUT2D eigenvalue weighted by Gasteiger charge is 2.57. The lowest BCUT2D eigenvalue weighted by Crippen LogP contribution is -2.67. The van der Waals surface area contributed by atoms with Crippen LogP contribution in [-0.4, -0.2) is 69.4 Å². The first-order chi connectivity index (χ1) is 15.9. The Morgan fingerprint density at radius 1 is 1.09 bits per heavy atom. The monoisotopic (exact) mass is 451 g/mol. The number of hydrogen-bond acceptors (Lipinski definition) is 5. The molecule has 1 spiro atoms. The Bertz CT molecular complexity index is 1030. The number of aliphatic hydroxyl groups excluding tert-OH is 1. The molecule has 7 heteroatoms. The molecule has 1 unspecified atom stereocenters. The number of likely N-dealkylation sites (tertiary alicyclic amines) is 2. The lowest BCUT2D eigenvalue weighted by atomic mass is 9.66. The van der Waals surface area contributed by atoms with E-state index >= 15 is 0 Å². The molecule has 3 aliphatic rings. The van der Waals surface area contributed by atoms with Crippen LogP contribution in [-0.2, 0) is 17.9 Å². The minimum Gasteiger partial charge on any atom is -0.462 e. The maximum absolute atomic E-state index is 13.8. The number of benzene rings is 1. The van der Waals surface area contributed by atoms with E-state index in [9.17, 15) is 14.7 Å². The Morgan fingerprint density at radius 3 is 2.39 bits per heavy atom. The topological polar surface area (TPSA) is 77.2 Å². The van der Waals surface area contributed by atoms with Crippen LogP contribution in [0.5, 0.6) is 0 Å². The predicted molar refractivity (Wildman–Crippen MR) is 124 cm³/mol. The van der Waals surface area contributed by atoms with Gasteiger partial charge in [-0.25, -0.2) is 0 Å². The lowest BCUT2D eigenvalue weighted by molar-refractivity contribution is -0.142. The third-order valence-corrected chi connectivity index (χ3v) is 7.64. The van der Waals surface area contributed by atoms with Crippen molar-refractivity contribution < 1.29 is 19.1 Å². The van der Waals surface area contributed by atoms with Gasteiger partial charge in [-0.2, -0.15) is 0 Å². The molecule has 2 aromatic rings. The number of fused-ring (bicyclic) bond motifs is 1. The number of carbonyl (C=O) groups excluding carboxylic acids is 2. The average molecular weight is 452 g/mol. The zero-order valence-electron chi connectivity index (χ0n) is 19.5. The van der Waals surface area contributed by atoms with Crippen molar-refractivity contribution in [2.24, 2.45) is 0 Å². The minimum absolute atomic E-state index is 0.00119. The Morgan fingerprint density at radius 2 is 1.79 bits per heavy atom. The fraction of sp³-hybridized carbons (Fsp3) is 0.538. The molecule has 5 rings (SSSR count). The number of piperidine rings is 1. The smallest absolute Gasteiger partial charge is 0.254 e. The first kappa shape index (κ1) is 22.2. The van der Waals surface area contributed by atoms with Crippen molar-refractivity contribution in [3.8, 4) is 0 Å². The summed E-state index contributed by atoms with van der Waals surface area (Å²) in [5.41, 5.74) is 1.04. The maximum atomic E-state index is 13.8. The first-order valence-corrected chi connectivity index (χ1v) is 12.1. The van der Waals surface area contributed by atoms with Crippen LogP contribution in [0.3, 0.4) is 0 Å². The SMILES string of the molecule is CC(C)N1C(=O)c2ccccc2C(C(=O)N2CCC2)C12CCN(Cc1ccc(CO)o1)CC2. The van der Waals surface area contributed by atoms with Gasteiger partial charge in [0.25, 0.3) is 5.91 Å². The molecule has 0 radical (unpaired) electrons. The molecule has 1 aromatic carbocycles. The number of nitrogens with zero attached hydrogens (tertiary/aromatic N) is 3. The van der Waals surface area contributed by atoms with Crippen molar-refractivity contribution in [2.45, 2.75) is 63.8 Å². The molecule has 33 heavy (non-hydrogen) atoms. The molecule has 4 heterocycles. The molecular formula is C26H33N3O4. The van der Waals surface area contributed by atoms with E-state index in [4.69, 9.17) is 4.42 Å². The summed E-state index contributed by atoms with van der Waals surface area (Å²) in [6.07, 6.45) is 2.53. The number of aliphatic hydroxyl groups is 1. The average Bonchev–Trinajstić information content (AvgIpc) is 3.22. The van der Waals surface area contributed by atoms with Crippen molar-refractivity contribution in [1.82, 2.24) is 14.7 Å². The van der Waals surface area contributed by atoms with Gasteiger partial charge in [0.15, 0.2) is 0 Å². The molecular weight excluding hydrogens is 418 g/mol. The summed E-state index contributed by atoms with van der Waals surface area (Å²) in [5, 5.41) is 9.28. The van der Waals surface area contributed by atoms with Crippen LogP contribution in [0.15, 0.2) is 40.8 Å². The van der Waals surface area contributed by atoms with Crippen LogP contribution < -0.4 is 0 Å². The summed E-state index contributed by atoms with van der Waals surface area (Å²) in [6.45, 7) is 7.84. The first-order valence-electron chi connectivity index (χ1n) is 12.1. The van der Waals surface area contributed by atoms with E-state index in [0.717, 1.165) is 56.8 Å². The van der Waals surface area contributed by atoms with E-state index in [2.05, 4.69) is 18.7 Å². The Kier molecular flexibility index (Phi) is 5.79. The van der Waals surface area contributed by atoms with E-state index in [0.29, 0.717) is 17.9 Å². The Balaban J connectivity index is 1.48. The van der Waals surface area contributed by atoms with Crippen LogP contribution >= 0.6 is 0 Å². The van der Waals surface area contributed by atoms with E-state index in [1.54, 1.807) is 6.07 Å². The number of amides is 2.